The SMILES string of the molecule is N#Cc1cc(-c2cc([C@H](CN)CC(=O)O)ccc2Cl)cs1. The molecule has 1 atom stereocenters. The number of hydrogen-bond acceptors (Lipinski definition) is 4. The highest BCUT2D eigenvalue weighted by atomic mass is 35.5. The smallest absolute Gasteiger partial charge is 0.304 e. The number of aliphatic carboxylic acids is 1. The molecule has 0 aliphatic carbocycles. The van der Waals surface area contributed by atoms with Crippen LogP contribution in [0.25, 0.3) is 11.1 Å². The molecule has 0 spiro atoms. The molecule has 21 heavy (non-hydrogen) atoms. The minimum Gasteiger partial charge on any atom is -0.481 e. The van der Waals surface area contributed by atoms with E-state index in [0.29, 0.717) is 9.90 Å². The van der Waals surface area contributed by atoms with Gasteiger partial charge in [-0.15, -0.1) is 11.3 Å². The highest BCUT2D eigenvalue weighted by molar-refractivity contribution is 7.10. The summed E-state index contributed by atoms with van der Waals surface area (Å²) in [7, 11) is 0. The van der Waals surface area contributed by atoms with E-state index in [-0.39, 0.29) is 18.9 Å². The molecule has 1 heterocycles. The van der Waals surface area contributed by atoms with Gasteiger partial charge in [0.2, 0.25) is 0 Å². The summed E-state index contributed by atoms with van der Waals surface area (Å²) in [6, 6.07) is 9.24. The lowest BCUT2D eigenvalue weighted by Gasteiger charge is -2.14. The Morgan fingerprint density at radius 3 is 2.81 bits per heavy atom. The van der Waals surface area contributed by atoms with Crippen molar-refractivity contribution in [3.63, 3.8) is 0 Å². The Morgan fingerprint density at radius 2 is 2.24 bits per heavy atom. The number of nitrogens with two attached hydrogens (primary N) is 1. The molecule has 6 heteroatoms. The van der Waals surface area contributed by atoms with Gasteiger partial charge in [-0.3, -0.25) is 4.79 Å². The fourth-order valence-corrected chi connectivity index (χ4v) is 3.03. The van der Waals surface area contributed by atoms with Crippen molar-refractivity contribution in [2.45, 2.75) is 12.3 Å². The topological polar surface area (TPSA) is 87.1 Å². The summed E-state index contributed by atoms with van der Waals surface area (Å²) in [6.45, 7) is 0.250. The summed E-state index contributed by atoms with van der Waals surface area (Å²) in [5.74, 6) is -1.14. The second kappa shape index (κ2) is 6.72. The zero-order valence-corrected chi connectivity index (χ0v) is 12.6. The molecule has 0 aliphatic rings. The van der Waals surface area contributed by atoms with E-state index in [1.807, 2.05) is 11.4 Å². The maximum atomic E-state index is 10.9. The van der Waals surface area contributed by atoms with Gasteiger partial charge in [-0.25, -0.2) is 0 Å². The first-order chi connectivity index (χ1) is 10.0. The summed E-state index contributed by atoms with van der Waals surface area (Å²) in [5.41, 5.74) is 8.15. The van der Waals surface area contributed by atoms with Gasteiger partial charge in [-0.05, 0) is 41.3 Å². The Labute approximate surface area is 131 Å². The van der Waals surface area contributed by atoms with Gasteiger partial charge in [0.15, 0.2) is 0 Å². The zero-order valence-electron chi connectivity index (χ0n) is 11.0. The molecule has 1 aromatic heterocycles. The molecule has 0 fully saturated rings. The van der Waals surface area contributed by atoms with Crippen molar-refractivity contribution in [1.82, 2.24) is 0 Å². The monoisotopic (exact) mass is 320 g/mol. The number of carboxylic acids is 1. The summed E-state index contributed by atoms with van der Waals surface area (Å²) < 4.78 is 0. The highest BCUT2D eigenvalue weighted by Gasteiger charge is 2.16. The van der Waals surface area contributed by atoms with E-state index in [2.05, 4.69) is 6.07 Å². The lowest BCUT2D eigenvalue weighted by atomic mass is 9.93. The van der Waals surface area contributed by atoms with Gasteiger partial charge in [-0.1, -0.05) is 17.7 Å². The maximum Gasteiger partial charge on any atom is 0.304 e. The quantitative estimate of drug-likeness (QED) is 0.883. The third-order valence-electron chi connectivity index (χ3n) is 3.19. The predicted octanol–water partition coefficient (Wildman–Crippen LogP) is 3.46. The van der Waals surface area contributed by atoms with Crippen molar-refractivity contribution < 1.29 is 9.90 Å². The van der Waals surface area contributed by atoms with E-state index in [1.54, 1.807) is 18.2 Å². The van der Waals surface area contributed by atoms with Crippen LogP contribution in [-0.2, 0) is 4.79 Å². The van der Waals surface area contributed by atoms with Crippen molar-refractivity contribution in [2.24, 2.45) is 5.73 Å². The third kappa shape index (κ3) is 3.61. The van der Waals surface area contributed by atoms with Gasteiger partial charge < -0.3 is 10.8 Å². The summed E-state index contributed by atoms with van der Waals surface area (Å²) in [5, 5.41) is 20.3. The molecule has 2 aromatic rings. The van der Waals surface area contributed by atoms with E-state index in [0.717, 1.165) is 16.7 Å². The molecule has 4 nitrogen and oxygen atoms in total. The van der Waals surface area contributed by atoms with Crippen LogP contribution in [0.3, 0.4) is 0 Å². The molecule has 1 aromatic carbocycles. The number of nitriles is 1. The Morgan fingerprint density at radius 1 is 1.48 bits per heavy atom. The van der Waals surface area contributed by atoms with Crippen LogP contribution in [0.4, 0.5) is 0 Å². The summed E-state index contributed by atoms with van der Waals surface area (Å²) in [6.07, 6.45) is -0.0232. The van der Waals surface area contributed by atoms with Crippen LogP contribution < -0.4 is 5.73 Å². The molecular weight excluding hydrogens is 308 g/mol. The standard InChI is InChI=1S/C15H13ClN2O2S/c16-14-2-1-9(10(6-17)5-15(19)20)4-13(14)11-3-12(7-18)21-8-11/h1-4,8,10H,5-6,17H2,(H,19,20)/t10-/m0/s1. The maximum absolute atomic E-state index is 10.9. The predicted molar refractivity (Wildman–Crippen MR) is 83.5 cm³/mol. The molecule has 0 unspecified atom stereocenters. The van der Waals surface area contributed by atoms with E-state index in [4.69, 9.17) is 27.7 Å². The van der Waals surface area contributed by atoms with Crippen LogP contribution in [0.2, 0.25) is 5.02 Å². The van der Waals surface area contributed by atoms with Gasteiger partial charge in [-0.2, -0.15) is 5.26 Å². The van der Waals surface area contributed by atoms with E-state index < -0.39 is 5.97 Å². The van der Waals surface area contributed by atoms with E-state index >= 15 is 0 Å². The highest BCUT2D eigenvalue weighted by Crippen LogP contribution is 2.34. The molecule has 0 aliphatic heterocycles. The minimum absolute atomic E-state index is 0.0232. The molecular formula is C15H13ClN2O2S. The van der Waals surface area contributed by atoms with Gasteiger partial charge in [0.05, 0.1) is 6.42 Å². The molecule has 0 radical (unpaired) electrons. The van der Waals surface area contributed by atoms with Crippen molar-refractivity contribution in [1.29, 1.82) is 5.26 Å². The van der Waals surface area contributed by atoms with E-state index in [1.165, 1.54) is 11.3 Å². The van der Waals surface area contributed by atoms with Gasteiger partial charge in [0, 0.05) is 16.5 Å². The number of carbonyl (C=O) groups is 1. The number of nitrogens with zero attached hydrogens (tertiary/aromatic N) is 1. The molecule has 0 saturated heterocycles. The van der Waals surface area contributed by atoms with E-state index in [9.17, 15) is 4.79 Å². The molecule has 2 rings (SSSR count). The lowest BCUT2D eigenvalue weighted by Crippen LogP contribution is -2.16. The molecule has 3 N–H and O–H groups in total. The summed E-state index contributed by atoms with van der Waals surface area (Å²) >= 11 is 7.56. The van der Waals surface area contributed by atoms with Crippen molar-refractivity contribution in [2.75, 3.05) is 6.54 Å². The van der Waals surface area contributed by atoms with Gasteiger partial charge in [0.25, 0.3) is 0 Å². The second-order valence-corrected chi connectivity index (χ2v) is 5.90. The molecule has 0 amide bonds. The van der Waals surface area contributed by atoms with Crippen LogP contribution in [0.15, 0.2) is 29.6 Å². The second-order valence-electron chi connectivity index (χ2n) is 4.58. The molecule has 0 bridgehead atoms. The molecule has 0 saturated carbocycles. The van der Waals surface area contributed by atoms with Crippen molar-refractivity contribution in [3.8, 4) is 17.2 Å². The average Bonchev–Trinajstić information content (AvgIpc) is 2.94. The van der Waals surface area contributed by atoms with Crippen LogP contribution in [0, 0.1) is 11.3 Å². The number of halogens is 1. The largest absolute Gasteiger partial charge is 0.481 e. The first-order valence-corrected chi connectivity index (χ1v) is 7.51. The number of hydrogen-bond donors (Lipinski definition) is 2. The Bertz CT molecular complexity index is 706. The third-order valence-corrected chi connectivity index (χ3v) is 4.35. The van der Waals surface area contributed by atoms with Crippen LogP contribution >= 0.6 is 22.9 Å². The lowest BCUT2D eigenvalue weighted by molar-refractivity contribution is -0.137. The number of carboxylic acid groups (broad SMARTS) is 1. The van der Waals surface area contributed by atoms with Crippen molar-refractivity contribution in [3.05, 3.63) is 45.1 Å². The van der Waals surface area contributed by atoms with Gasteiger partial charge in [0.1, 0.15) is 10.9 Å². The Balaban J connectivity index is 2.41. The van der Waals surface area contributed by atoms with Crippen LogP contribution in [0.5, 0.6) is 0 Å². The zero-order chi connectivity index (χ0) is 15.4. The minimum atomic E-state index is -0.885. The normalized spacial score (nSPS) is 11.9. The molecule has 108 valence electrons. The fraction of sp³-hybridized carbons (Fsp3) is 0.200. The first-order valence-electron chi connectivity index (χ1n) is 6.25. The summed E-state index contributed by atoms with van der Waals surface area (Å²) in [4.78, 5) is 11.5. The number of benzene rings is 1. The fourth-order valence-electron chi connectivity index (χ4n) is 2.10. The van der Waals surface area contributed by atoms with Crippen LogP contribution in [-0.4, -0.2) is 17.6 Å². The Kier molecular flexibility index (Phi) is 4.97. The number of rotatable bonds is 5. The number of thiophene rings is 1. The average molecular weight is 321 g/mol. The first kappa shape index (κ1) is 15.5. The van der Waals surface area contributed by atoms with Crippen molar-refractivity contribution >= 4 is 28.9 Å². The van der Waals surface area contributed by atoms with Gasteiger partial charge >= 0.3 is 5.97 Å². The van der Waals surface area contributed by atoms with Crippen LogP contribution in [0.1, 0.15) is 22.8 Å². The Hall–Kier alpha value is -1.87.